The molecule has 0 aliphatic carbocycles. The van der Waals surface area contributed by atoms with E-state index in [-0.39, 0.29) is 0 Å². The molecule has 0 spiro atoms. The van der Waals surface area contributed by atoms with Crippen molar-refractivity contribution in [1.29, 1.82) is 0 Å². The third-order valence-electron chi connectivity index (χ3n) is 11.8. The van der Waals surface area contributed by atoms with Crippen LogP contribution in [-0.2, 0) is 0 Å². The fourth-order valence-electron chi connectivity index (χ4n) is 9.15. The molecule has 0 fully saturated rings. The molecule has 11 aromatic carbocycles. The quantitative estimate of drug-likeness (QED) is 0.167. The minimum absolute atomic E-state index is 0.910. The number of rotatable bonds is 4. The summed E-state index contributed by atoms with van der Waals surface area (Å²) in [5, 5.41) is 14.9. The fourth-order valence-corrected chi connectivity index (χ4v) is 9.15. The van der Waals surface area contributed by atoms with Gasteiger partial charge in [-0.25, -0.2) is 0 Å². The molecule has 12 aromatic rings. The average molecular weight is 697 g/mol. The Kier molecular flexibility index (Phi) is 6.40. The van der Waals surface area contributed by atoms with Crippen molar-refractivity contribution in [3.63, 3.8) is 0 Å². The summed E-state index contributed by atoms with van der Waals surface area (Å²) < 4.78 is 6.78. The lowest BCUT2D eigenvalue weighted by molar-refractivity contribution is 0.670. The fraction of sp³-hybridized carbons (Fsp3) is 0. The molecule has 0 saturated carbocycles. The van der Waals surface area contributed by atoms with Crippen molar-refractivity contribution in [2.45, 2.75) is 0 Å². The second kappa shape index (κ2) is 11.6. The van der Waals surface area contributed by atoms with E-state index in [1.54, 1.807) is 0 Å². The number of furan rings is 1. The van der Waals surface area contributed by atoms with Gasteiger partial charge in [-0.1, -0.05) is 170 Å². The smallest absolute Gasteiger partial charge is 0.143 e. The maximum absolute atomic E-state index is 6.78. The van der Waals surface area contributed by atoms with Crippen LogP contribution in [0.25, 0.3) is 120 Å². The molecule has 0 bridgehead atoms. The van der Waals surface area contributed by atoms with Crippen molar-refractivity contribution >= 4 is 75.8 Å². The third-order valence-corrected chi connectivity index (χ3v) is 11.8. The van der Waals surface area contributed by atoms with E-state index >= 15 is 0 Å². The molecule has 0 amide bonds. The Morgan fingerprint density at radius 3 is 1.56 bits per heavy atom. The summed E-state index contributed by atoms with van der Waals surface area (Å²) in [6, 6.07) is 71.1. The van der Waals surface area contributed by atoms with Gasteiger partial charge < -0.3 is 4.42 Å². The van der Waals surface area contributed by atoms with Crippen LogP contribution in [0.4, 0.5) is 0 Å². The minimum atomic E-state index is 0.910. The molecule has 1 heteroatoms. The van der Waals surface area contributed by atoms with E-state index in [2.05, 4.69) is 194 Å². The van der Waals surface area contributed by atoms with Crippen molar-refractivity contribution in [1.82, 2.24) is 0 Å². The highest BCUT2D eigenvalue weighted by atomic mass is 16.3. The van der Waals surface area contributed by atoms with Crippen molar-refractivity contribution in [3.05, 3.63) is 194 Å². The van der Waals surface area contributed by atoms with E-state index in [4.69, 9.17) is 4.42 Å². The van der Waals surface area contributed by atoms with Crippen LogP contribution >= 0.6 is 0 Å². The first-order valence-electron chi connectivity index (χ1n) is 19.0. The Balaban J connectivity index is 1.04. The zero-order valence-electron chi connectivity index (χ0n) is 29.9. The summed E-state index contributed by atoms with van der Waals surface area (Å²) in [5.41, 5.74) is 11.4. The second-order valence-electron chi connectivity index (χ2n) is 14.8. The monoisotopic (exact) mass is 696 g/mol. The molecule has 0 saturated heterocycles. The third kappa shape index (κ3) is 4.60. The molecule has 55 heavy (non-hydrogen) atoms. The molecule has 0 atom stereocenters. The summed E-state index contributed by atoms with van der Waals surface area (Å²) in [6.45, 7) is 0. The van der Waals surface area contributed by atoms with Crippen molar-refractivity contribution in [3.8, 4) is 44.5 Å². The largest absolute Gasteiger partial charge is 0.455 e. The highest BCUT2D eigenvalue weighted by Crippen LogP contribution is 2.45. The lowest BCUT2D eigenvalue weighted by Crippen LogP contribution is -1.89. The second-order valence-corrected chi connectivity index (χ2v) is 14.8. The molecule has 1 heterocycles. The summed E-state index contributed by atoms with van der Waals surface area (Å²) in [6.07, 6.45) is 0. The van der Waals surface area contributed by atoms with Gasteiger partial charge in [0.05, 0.1) is 0 Å². The Morgan fingerprint density at radius 1 is 0.255 bits per heavy atom. The highest BCUT2D eigenvalue weighted by Gasteiger charge is 2.19. The predicted octanol–water partition coefficient (Wildman–Crippen LogP) is 15.5. The standard InChI is InChI=1S/C54H32O/c1-2-9-34(10-3-1)43-25-21-37-24-28-47-44(26-22-38-23-27-46(43)52(37)53(38)47)36-19-17-33(18-20-36)41-30-49(45-16-8-14-35-11-6-7-15-42(35)45)54-50(31-41)48-29-39-12-4-5-13-40(39)32-51(48)55-54/h1-32H. The zero-order chi connectivity index (χ0) is 36.0. The molecule has 1 nitrogen and oxygen atoms in total. The SMILES string of the molecule is c1ccc(-c2ccc3ccc4c(-c5ccc(-c6cc(-c7cccc8ccccc78)c7oc8cc9ccccc9cc8c7c6)cc5)ccc5ccc2c3c54)cc1. The Bertz CT molecular complexity index is 3450. The topological polar surface area (TPSA) is 13.1 Å². The average Bonchev–Trinajstić information content (AvgIpc) is 3.61. The van der Waals surface area contributed by atoms with Crippen LogP contribution in [0.3, 0.4) is 0 Å². The molecule has 254 valence electrons. The van der Waals surface area contributed by atoms with Gasteiger partial charge in [-0.3, -0.25) is 0 Å². The molecule has 0 N–H and O–H groups in total. The van der Waals surface area contributed by atoms with Gasteiger partial charge in [0.25, 0.3) is 0 Å². The van der Waals surface area contributed by atoms with E-state index in [0.717, 1.165) is 27.5 Å². The Labute approximate surface area is 317 Å². The van der Waals surface area contributed by atoms with E-state index in [9.17, 15) is 0 Å². The van der Waals surface area contributed by atoms with Gasteiger partial charge in [-0.15, -0.1) is 0 Å². The summed E-state index contributed by atoms with van der Waals surface area (Å²) in [7, 11) is 0. The maximum atomic E-state index is 6.78. The molecule has 12 rings (SSSR count). The van der Waals surface area contributed by atoms with E-state index < -0.39 is 0 Å². The van der Waals surface area contributed by atoms with E-state index in [0.29, 0.717) is 0 Å². The predicted molar refractivity (Wildman–Crippen MR) is 234 cm³/mol. The van der Waals surface area contributed by atoms with Crippen LogP contribution in [0, 0.1) is 0 Å². The Hall–Kier alpha value is -7.22. The summed E-state index contributed by atoms with van der Waals surface area (Å²) >= 11 is 0. The molecule has 0 unspecified atom stereocenters. The van der Waals surface area contributed by atoms with Gasteiger partial charge in [-0.2, -0.15) is 0 Å². The van der Waals surface area contributed by atoms with Gasteiger partial charge in [0.1, 0.15) is 11.2 Å². The van der Waals surface area contributed by atoms with E-state index in [1.165, 1.54) is 92.8 Å². The van der Waals surface area contributed by atoms with Crippen LogP contribution in [0.5, 0.6) is 0 Å². The molecular weight excluding hydrogens is 665 g/mol. The highest BCUT2D eigenvalue weighted by molar-refractivity contribution is 6.27. The van der Waals surface area contributed by atoms with E-state index in [1.807, 2.05) is 0 Å². The lowest BCUT2D eigenvalue weighted by atomic mass is 9.87. The zero-order valence-corrected chi connectivity index (χ0v) is 29.9. The first-order valence-corrected chi connectivity index (χ1v) is 19.0. The van der Waals surface area contributed by atoms with Gasteiger partial charge in [0.2, 0.25) is 0 Å². The number of fused-ring (bicyclic) bond motifs is 5. The number of benzene rings is 11. The van der Waals surface area contributed by atoms with Gasteiger partial charge in [-0.05, 0) is 117 Å². The Morgan fingerprint density at radius 2 is 0.836 bits per heavy atom. The molecule has 0 aliphatic rings. The lowest BCUT2D eigenvalue weighted by Gasteiger charge is -2.17. The van der Waals surface area contributed by atoms with Crippen LogP contribution in [0.2, 0.25) is 0 Å². The maximum Gasteiger partial charge on any atom is 0.143 e. The summed E-state index contributed by atoms with van der Waals surface area (Å²) in [4.78, 5) is 0. The molecule has 0 aliphatic heterocycles. The molecule has 1 aromatic heterocycles. The minimum Gasteiger partial charge on any atom is -0.455 e. The number of hydrogen-bond acceptors (Lipinski definition) is 1. The van der Waals surface area contributed by atoms with Gasteiger partial charge >= 0.3 is 0 Å². The first kappa shape index (κ1) is 30.3. The normalized spacial score (nSPS) is 12.0. The van der Waals surface area contributed by atoms with Crippen molar-refractivity contribution in [2.75, 3.05) is 0 Å². The van der Waals surface area contributed by atoms with Crippen LogP contribution < -0.4 is 0 Å². The van der Waals surface area contributed by atoms with Crippen molar-refractivity contribution < 1.29 is 4.42 Å². The van der Waals surface area contributed by atoms with Gasteiger partial charge in [0.15, 0.2) is 0 Å². The first-order chi connectivity index (χ1) is 27.2. The summed E-state index contributed by atoms with van der Waals surface area (Å²) in [5.74, 6) is 0. The van der Waals surface area contributed by atoms with Crippen molar-refractivity contribution in [2.24, 2.45) is 0 Å². The van der Waals surface area contributed by atoms with Gasteiger partial charge in [0, 0.05) is 16.3 Å². The molecular formula is C54H32O. The number of hydrogen-bond donors (Lipinski definition) is 0. The van der Waals surface area contributed by atoms with Crippen LogP contribution in [-0.4, -0.2) is 0 Å². The molecule has 0 radical (unpaired) electrons. The van der Waals surface area contributed by atoms with Crippen LogP contribution in [0.15, 0.2) is 199 Å². The van der Waals surface area contributed by atoms with Crippen LogP contribution in [0.1, 0.15) is 0 Å².